The molecule has 110 valence electrons. The number of aliphatic carboxylic acids is 1. The first kappa shape index (κ1) is 14.6. The van der Waals surface area contributed by atoms with E-state index in [1.54, 1.807) is 4.90 Å². The summed E-state index contributed by atoms with van der Waals surface area (Å²) in [6.07, 6.45) is 1.33. The van der Waals surface area contributed by atoms with Gasteiger partial charge in [0.25, 0.3) is 0 Å². The number of ether oxygens (including phenoxy) is 1. The molecule has 20 heavy (non-hydrogen) atoms. The molecule has 0 aliphatic carbocycles. The molecule has 1 fully saturated rings. The Morgan fingerprint density at radius 1 is 1.50 bits per heavy atom. The van der Waals surface area contributed by atoms with Crippen molar-refractivity contribution in [3.8, 4) is 5.75 Å². The second-order valence-corrected chi connectivity index (χ2v) is 4.61. The van der Waals surface area contributed by atoms with Crippen LogP contribution >= 0.6 is 0 Å². The number of rotatable bonds is 5. The third-order valence-corrected chi connectivity index (χ3v) is 3.25. The summed E-state index contributed by atoms with van der Waals surface area (Å²) >= 11 is 0. The molecule has 4 nitrogen and oxygen atoms in total. The van der Waals surface area contributed by atoms with E-state index in [1.165, 1.54) is 6.07 Å². The summed E-state index contributed by atoms with van der Waals surface area (Å²) in [6, 6.07) is 3.10. The Balaban J connectivity index is 2.06. The van der Waals surface area contributed by atoms with Gasteiger partial charge in [-0.2, -0.15) is 8.78 Å². The number of carboxylic acid groups (broad SMARTS) is 1. The molecule has 1 saturated heterocycles. The number of hydrogen-bond acceptors (Lipinski definition) is 3. The number of hydrogen-bond donors (Lipinski definition) is 1. The van der Waals surface area contributed by atoms with Crippen LogP contribution in [0.3, 0.4) is 0 Å². The summed E-state index contributed by atoms with van der Waals surface area (Å²) in [5.74, 6) is -2.30. The minimum absolute atomic E-state index is 0.267. The van der Waals surface area contributed by atoms with Crippen molar-refractivity contribution in [2.24, 2.45) is 0 Å². The highest BCUT2D eigenvalue weighted by Crippen LogP contribution is 2.24. The molecule has 0 spiro atoms. The van der Waals surface area contributed by atoms with Crippen LogP contribution in [0, 0.1) is 5.82 Å². The van der Waals surface area contributed by atoms with Crippen LogP contribution in [-0.4, -0.2) is 35.2 Å². The second-order valence-electron chi connectivity index (χ2n) is 4.61. The van der Waals surface area contributed by atoms with E-state index in [4.69, 9.17) is 5.11 Å². The summed E-state index contributed by atoms with van der Waals surface area (Å²) < 4.78 is 41.6. The van der Waals surface area contributed by atoms with Crippen LogP contribution in [0.5, 0.6) is 5.75 Å². The van der Waals surface area contributed by atoms with E-state index in [-0.39, 0.29) is 6.54 Å². The number of alkyl halides is 2. The molecule has 1 aromatic carbocycles. The first-order valence-electron chi connectivity index (χ1n) is 6.17. The van der Waals surface area contributed by atoms with Gasteiger partial charge in [-0.25, -0.2) is 4.39 Å². The Hall–Kier alpha value is -1.76. The molecule has 0 unspecified atom stereocenters. The van der Waals surface area contributed by atoms with Crippen molar-refractivity contribution in [1.29, 1.82) is 0 Å². The standard InChI is InChI=1S/C13H14F3NO3/c14-9-6-8(3-4-11(9)20-13(15)16)7-17-5-1-2-10(17)12(18)19/h3-4,6,10,13H,1-2,5,7H2,(H,18,19)/t10-/m1/s1. The Labute approximate surface area is 113 Å². The number of halogens is 3. The topological polar surface area (TPSA) is 49.8 Å². The minimum atomic E-state index is -3.08. The third-order valence-electron chi connectivity index (χ3n) is 3.25. The molecule has 0 bridgehead atoms. The maximum Gasteiger partial charge on any atom is 0.387 e. The first-order chi connectivity index (χ1) is 9.47. The van der Waals surface area contributed by atoms with Crippen molar-refractivity contribution < 1.29 is 27.8 Å². The fourth-order valence-corrected chi connectivity index (χ4v) is 2.36. The van der Waals surface area contributed by atoms with Gasteiger partial charge in [-0.1, -0.05) is 6.07 Å². The zero-order valence-electron chi connectivity index (χ0n) is 10.6. The molecule has 0 amide bonds. The van der Waals surface area contributed by atoms with Crippen LogP contribution in [0.25, 0.3) is 0 Å². The molecule has 1 atom stereocenters. The van der Waals surface area contributed by atoms with E-state index in [1.807, 2.05) is 0 Å². The average Bonchev–Trinajstić information content (AvgIpc) is 2.80. The van der Waals surface area contributed by atoms with Gasteiger partial charge in [0, 0.05) is 6.54 Å². The van der Waals surface area contributed by atoms with Crippen molar-refractivity contribution in [3.05, 3.63) is 29.6 Å². The van der Waals surface area contributed by atoms with Crippen molar-refractivity contribution in [1.82, 2.24) is 4.90 Å². The molecular formula is C13H14F3NO3. The van der Waals surface area contributed by atoms with Gasteiger partial charge in [-0.05, 0) is 37.1 Å². The maximum atomic E-state index is 13.5. The van der Waals surface area contributed by atoms with Crippen LogP contribution in [0.2, 0.25) is 0 Å². The van der Waals surface area contributed by atoms with Crippen LogP contribution in [0.4, 0.5) is 13.2 Å². The molecule has 1 aromatic rings. The molecule has 0 radical (unpaired) electrons. The average molecular weight is 289 g/mol. The van der Waals surface area contributed by atoms with Crippen LogP contribution in [-0.2, 0) is 11.3 Å². The number of carbonyl (C=O) groups is 1. The molecule has 1 aliphatic rings. The highest BCUT2D eigenvalue weighted by molar-refractivity contribution is 5.73. The van der Waals surface area contributed by atoms with Gasteiger partial charge < -0.3 is 9.84 Å². The zero-order valence-corrected chi connectivity index (χ0v) is 10.6. The summed E-state index contributed by atoms with van der Waals surface area (Å²) in [5, 5.41) is 9.04. The molecule has 7 heteroatoms. The number of likely N-dealkylation sites (tertiary alicyclic amines) is 1. The summed E-state index contributed by atoms with van der Waals surface area (Å²) in [6.45, 7) is -2.19. The highest BCUT2D eigenvalue weighted by atomic mass is 19.3. The Morgan fingerprint density at radius 3 is 2.85 bits per heavy atom. The normalized spacial score (nSPS) is 19.5. The summed E-state index contributed by atoms with van der Waals surface area (Å²) in [5.41, 5.74) is 0.525. The first-order valence-corrected chi connectivity index (χ1v) is 6.17. The fourth-order valence-electron chi connectivity index (χ4n) is 2.36. The quantitative estimate of drug-likeness (QED) is 0.904. The molecule has 1 heterocycles. The van der Waals surface area contributed by atoms with E-state index in [2.05, 4.69) is 4.74 Å². The lowest BCUT2D eigenvalue weighted by atomic mass is 10.1. The van der Waals surface area contributed by atoms with E-state index in [0.717, 1.165) is 18.6 Å². The van der Waals surface area contributed by atoms with Gasteiger partial charge >= 0.3 is 12.6 Å². The van der Waals surface area contributed by atoms with Crippen LogP contribution in [0.1, 0.15) is 18.4 Å². The predicted octanol–water partition coefficient (Wildman–Crippen LogP) is 2.48. The molecular weight excluding hydrogens is 275 g/mol. The van der Waals surface area contributed by atoms with Gasteiger partial charge in [-0.3, -0.25) is 9.69 Å². The lowest BCUT2D eigenvalue weighted by molar-refractivity contribution is -0.142. The van der Waals surface area contributed by atoms with E-state index < -0.39 is 30.2 Å². The number of nitrogens with zero attached hydrogens (tertiary/aromatic N) is 1. The van der Waals surface area contributed by atoms with E-state index in [0.29, 0.717) is 18.5 Å². The van der Waals surface area contributed by atoms with Crippen molar-refractivity contribution >= 4 is 5.97 Å². The van der Waals surface area contributed by atoms with Crippen LogP contribution < -0.4 is 4.74 Å². The molecule has 0 aromatic heterocycles. The maximum absolute atomic E-state index is 13.5. The van der Waals surface area contributed by atoms with Crippen molar-refractivity contribution in [2.45, 2.75) is 32.0 Å². The lowest BCUT2D eigenvalue weighted by Gasteiger charge is -2.21. The molecule has 2 rings (SSSR count). The molecule has 1 N–H and O–H groups in total. The smallest absolute Gasteiger partial charge is 0.387 e. The fraction of sp³-hybridized carbons (Fsp3) is 0.462. The van der Waals surface area contributed by atoms with Crippen LogP contribution in [0.15, 0.2) is 18.2 Å². The number of benzene rings is 1. The highest BCUT2D eigenvalue weighted by Gasteiger charge is 2.30. The Morgan fingerprint density at radius 2 is 2.25 bits per heavy atom. The Bertz CT molecular complexity index is 496. The SMILES string of the molecule is O=C(O)[C@H]1CCCN1Cc1ccc(OC(F)F)c(F)c1. The monoisotopic (exact) mass is 289 g/mol. The van der Waals surface area contributed by atoms with Crippen molar-refractivity contribution in [2.75, 3.05) is 6.54 Å². The Kier molecular flexibility index (Phi) is 4.49. The van der Waals surface area contributed by atoms with E-state index in [9.17, 15) is 18.0 Å². The van der Waals surface area contributed by atoms with Crippen molar-refractivity contribution in [3.63, 3.8) is 0 Å². The number of carboxylic acids is 1. The summed E-state index contributed by atoms with van der Waals surface area (Å²) in [7, 11) is 0. The van der Waals surface area contributed by atoms with Gasteiger partial charge in [0.1, 0.15) is 6.04 Å². The zero-order chi connectivity index (χ0) is 14.7. The van der Waals surface area contributed by atoms with Gasteiger partial charge in [0.05, 0.1) is 0 Å². The predicted molar refractivity (Wildman–Crippen MR) is 64.1 cm³/mol. The largest absolute Gasteiger partial charge is 0.480 e. The van der Waals surface area contributed by atoms with Gasteiger partial charge in [-0.15, -0.1) is 0 Å². The third kappa shape index (κ3) is 3.41. The van der Waals surface area contributed by atoms with Gasteiger partial charge in [0.15, 0.2) is 11.6 Å². The lowest BCUT2D eigenvalue weighted by Crippen LogP contribution is -2.35. The summed E-state index contributed by atoms with van der Waals surface area (Å²) in [4.78, 5) is 12.8. The minimum Gasteiger partial charge on any atom is -0.480 e. The molecule has 1 aliphatic heterocycles. The molecule has 0 saturated carbocycles. The van der Waals surface area contributed by atoms with E-state index >= 15 is 0 Å². The second kappa shape index (κ2) is 6.13. The van der Waals surface area contributed by atoms with Gasteiger partial charge in [0.2, 0.25) is 0 Å².